The highest BCUT2D eigenvalue weighted by atomic mass is 32.2. The maximum absolute atomic E-state index is 12.1. The van der Waals surface area contributed by atoms with E-state index >= 15 is 0 Å². The molecular weight excluding hydrogens is 344 g/mol. The average molecular weight is 358 g/mol. The van der Waals surface area contributed by atoms with Crippen LogP contribution in [0, 0.1) is 0 Å². The summed E-state index contributed by atoms with van der Waals surface area (Å²) in [4.78, 5) is 16.0. The Kier molecular flexibility index (Phi) is 4.85. The van der Waals surface area contributed by atoms with Crippen molar-refractivity contribution in [1.29, 1.82) is 0 Å². The number of hydrogen-bond donors (Lipinski definition) is 1. The summed E-state index contributed by atoms with van der Waals surface area (Å²) in [5.74, 6) is -0.631. The molecule has 1 N–H and O–H groups in total. The lowest BCUT2D eigenvalue weighted by molar-refractivity contribution is -0.115. The second-order valence-corrected chi connectivity index (χ2v) is 7.19. The van der Waals surface area contributed by atoms with Crippen molar-refractivity contribution in [3.8, 4) is 11.5 Å². The van der Waals surface area contributed by atoms with Gasteiger partial charge in [0.2, 0.25) is 5.91 Å². The summed E-state index contributed by atoms with van der Waals surface area (Å²) in [6.07, 6.45) is 2.93. The van der Waals surface area contributed by atoms with Crippen molar-refractivity contribution in [2.24, 2.45) is 0 Å². The Labute approximate surface area is 143 Å². The van der Waals surface area contributed by atoms with Crippen LogP contribution in [0.5, 0.6) is 0 Å². The highest BCUT2D eigenvalue weighted by Gasteiger charge is 2.17. The van der Waals surface area contributed by atoms with Gasteiger partial charge in [0.1, 0.15) is 0 Å². The number of nitrogens with one attached hydrogen (secondary N) is 1. The second-order valence-electron chi connectivity index (χ2n) is 5.08. The van der Waals surface area contributed by atoms with Gasteiger partial charge in [0, 0.05) is 18.8 Å². The van der Waals surface area contributed by atoms with Crippen LogP contribution in [0.3, 0.4) is 0 Å². The average Bonchev–Trinajstić information content (AvgIpc) is 3.10. The minimum Gasteiger partial charge on any atom is -0.403 e. The molecule has 0 aliphatic carbocycles. The smallest absolute Gasteiger partial charge is 0.322 e. The van der Waals surface area contributed by atoms with E-state index in [0.29, 0.717) is 5.56 Å². The number of benzene rings is 1. The van der Waals surface area contributed by atoms with Crippen LogP contribution in [0.15, 0.2) is 64.2 Å². The van der Waals surface area contributed by atoms with Crippen molar-refractivity contribution in [1.82, 2.24) is 15.2 Å². The van der Waals surface area contributed by atoms with E-state index in [2.05, 4.69) is 20.5 Å². The minimum atomic E-state index is -3.52. The summed E-state index contributed by atoms with van der Waals surface area (Å²) in [7, 11) is -3.52. The van der Waals surface area contributed by atoms with Gasteiger partial charge in [-0.15, -0.1) is 5.10 Å². The highest BCUT2D eigenvalue weighted by Crippen LogP contribution is 2.18. The molecule has 25 heavy (non-hydrogen) atoms. The molecule has 0 atom stereocenters. The van der Waals surface area contributed by atoms with Gasteiger partial charge in [0.05, 0.1) is 16.2 Å². The predicted molar refractivity (Wildman–Crippen MR) is 89.3 cm³/mol. The lowest BCUT2D eigenvalue weighted by atomic mass is 10.3. The number of pyridine rings is 1. The molecule has 0 fully saturated rings. The fourth-order valence-electron chi connectivity index (χ4n) is 2.03. The standard InChI is InChI=1S/C16H14N4O4S/c21-14(8-10-25(22,23)13-6-2-1-3-7-13)18-16-20-19-15(24-16)12-5-4-9-17-11-12/h1-7,9,11H,8,10H2,(H,18,20,21). The topological polar surface area (TPSA) is 115 Å². The van der Waals surface area contributed by atoms with Gasteiger partial charge in [0.15, 0.2) is 9.84 Å². The van der Waals surface area contributed by atoms with E-state index in [1.165, 1.54) is 12.1 Å². The normalized spacial score (nSPS) is 11.2. The van der Waals surface area contributed by atoms with E-state index in [9.17, 15) is 13.2 Å². The molecule has 3 rings (SSSR count). The Bertz CT molecular complexity index is 956. The second kappa shape index (κ2) is 7.22. The number of anilines is 1. The van der Waals surface area contributed by atoms with Crippen LogP contribution in [0.1, 0.15) is 6.42 Å². The zero-order chi connectivity index (χ0) is 17.7. The monoisotopic (exact) mass is 358 g/mol. The maximum atomic E-state index is 12.1. The molecule has 0 bridgehead atoms. The van der Waals surface area contributed by atoms with Crippen molar-refractivity contribution in [3.63, 3.8) is 0 Å². The molecule has 1 amide bonds. The van der Waals surface area contributed by atoms with Crippen LogP contribution in [0.4, 0.5) is 6.01 Å². The summed E-state index contributed by atoms with van der Waals surface area (Å²) in [6.45, 7) is 0. The van der Waals surface area contributed by atoms with E-state index in [1.807, 2.05) is 0 Å². The summed E-state index contributed by atoms with van der Waals surface area (Å²) in [5, 5.41) is 9.91. The molecule has 2 heterocycles. The minimum absolute atomic E-state index is 0.0963. The molecule has 3 aromatic rings. The lowest BCUT2D eigenvalue weighted by Crippen LogP contribution is -2.17. The SMILES string of the molecule is O=C(CCS(=O)(=O)c1ccccc1)Nc1nnc(-c2cccnc2)o1. The zero-order valence-corrected chi connectivity index (χ0v) is 13.8. The summed E-state index contributed by atoms with van der Waals surface area (Å²) in [5.41, 5.74) is 0.613. The van der Waals surface area contributed by atoms with E-state index in [0.717, 1.165) is 0 Å². The summed E-state index contributed by atoms with van der Waals surface area (Å²) >= 11 is 0. The maximum Gasteiger partial charge on any atom is 0.322 e. The van der Waals surface area contributed by atoms with Gasteiger partial charge in [-0.1, -0.05) is 23.3 Å². The molecule has 9 heteroatoms. The number of amides is 1. The van der Waals surface area contributed by atoms with Gasteiger partial charge in [-0.2, -0.15) is 0 Å². The molecule has 1 aromatic carbocycles. The molecule has 2 aromatic heterocycles. The van der Waals surface area contributed by atoms with Gasteiger partial charge in [-0.05, 0) is 24.3 Å². The van der Waals surface area contributed by atoms with Crippen LogP contribution in [0.2, 0.25) is 0 Å². The number of rotatable bonds is 6. The van der Waals surface area contributed by atoms with Crippen LogP contribution in [-0.2, 0) is 14.6 Å². The van der Waals surface area contributed by atoms with Crippen LogP contribution in [0.25, 0.3) is 11.5 Å². The highest BCUT2D eigenvalue weighted by molar-refractivity contribution is 7.91. The van der Waals surface area contributed by atoms with Crippen molar-refractivity contribution >= 4 is 21.8 Å². The molecule has 0 unspecified atom stereocenters. The number of sulfone groups is 1. The van der Waals surface area contributed by atoms with Gasteiger partial charge >= 0.3 is 6.01 Å². The lowest BCUT2D eigenvalue weighted by Gasteiger charge is -2.03. The van der Waals surface area contributed by atoms with Crippen LogP contribution in [-0.4, -0.2) is 35.3 Å². The van der Waals surface area contributed by atoms with Gasteiger partial charge in [-0.3, -0.25) is 15.1 Å². The summed E-state index contributed by atoms with van der Waals surface area (Å²) in [6, 6.07) is 11.3. The third-order valence-electron chi connectivity index (χ3n) is 3.28. The van der Waals surface area contributed by atoms with Gasteiger partial charge in [-0.25, -0.2) is 8.42 Å². The molecule has 128 valence electrons. The number of carbonyl (C=O) groups excluding carboxylic acids is 1. The van der Waals surface area contributed by atoms with Crippen molar-refractivity contribution in [2.75, 3.05) is 11.1 Å². The molecule has 0 saturated carbocycles. The number of aromatic nitrogens is 3. The zero-order valence-electron chi connectivity index (χ0n) is 13.0. The van der Waals surface area contributed by atoms with Crippen LogP contribution >= 0.6 is 0 Å². The first kappa shape index (κ1) is 16.8. The number of hydrogen-bond acceptors (Lipinski definition) is 7. The first-order chi connectivity index (χ1) is 12.0. The Hall–Kier alpha value is -3.07. The first-order valence-electron chi connectivity index (χ1n) is 7.36. The van der Waals surface area contributed by atoms with E-state index < -0.39 is 15.7 Å². The molecule has 0 saturated heterocycles. The van der Waals surface area contributed by atoms with E-state index in [4.69, 9.17) is 4.42 Å². The number of carbonyl (C=O) groups is 1. The van der Waals surface area contributed by atoms with Crippen molar-refractivity contribution in [3.05, 3.63) is 54.9 Å². The quantitative estimate of drug-likeness (QED) is 0.716. The molecule has 0 radical (unpaired) electrons. The fraction of sp³-hybridized carbons (Fsp3) is 0.125. The fourth-order valence-corrected chi connectivity index (χ4v) is 3.30. The summed E-state index contributed by atoms with van der Waals surface area (Å²) < 4.78 is 29.6. The third kappa shape index (κ3) is 4.27. The Balaban J connectivity index is 1.59. The van der Waals surface area contributed by atoms with E-state index in [1.54, 1.807) is 42.7 Å². The Morgan fingerprint density at radius 3 is 2.60 bits per heavy atom. The molecule has 0 spiro atoms. The molecule has 8 nitrogen and oxygen atoms in total. The molecule has 0 aliphatic heterocycles. The van der Waals surface area contributed by atoms with Gasteiger partial charge in [0.25, 0.3) is 5.89 Å². The van der Waals surface area contributed by atoms with Gasteiger partial charge < -0.3 is 4.42 Å². The Morgan fingerprint density at radius 2 is 1.88 bits per heavy atom. The molecule has 0 aliphatic rings. The van der Waals surface area contributed by atoms with Crippen molar-refractivity contribution in [2.45, 2.75) is 11.3 Å². The van der Waals surface area contributed by atoms with Crippen LogP contribution < -0.4 is 5.32 Å². The molecular formula is C16H14N4O4S. The third-order valence-corrected chi connectivity index (χ3v) is 5.01. The Morgan fingerprint density at radius 1 is 1.08 bits per heavy atom. The predicted octanol–water partition coefficient (Wildman–Crippen LogP) is 1.93. The van der Waals surface area contributed by atoms with E-state index in [-0.39, 0.29) is 29.0 Å². The number of nitrogens with zero attached hydrogens (tertiary/aromatic N) is 3. The largest absolute Gasteiger partial charge is 0.403 e. The van der Waals surface area contributed by atoms with Crippen molar-refractivity contribution < 1.29 is 17.6 Å². The first-order valence-corrected chi connectivity index (χ1v) is 9.01.